The third-order valence-corrected chi connectivity index (χ3v) is 7.02. The van der Waals surface area contributed by atoms with E-state index in [1.807, 2.05) is 53.8 Å². The van der Waals surface area contributed by atoms with Crippen molar-refractivity contribution in [3.05, 3.63) is 87.7 Å². The van der Waals surface area contributed by atoms with Gasteiger partial charge in [0.2, 0.25) is 5.91 Å². The Morgan fingerprint density at radius 2 is 1.84 bits per heavy atom. The summed E-state index contributed by atoms with van der Waals surface area (Å²) in [6, 6.07) is 9.79. The van der Waals surface area contributed by atoms with Crippen molar-refractivity contribution in [3.63, 3.8) is 0 Å². The molecule has 1 amide bonds. The van der Waals surface area contributed by atoms with Crippen LogP contribution in [0, 0.1) is 18.6 Å². The molecule has 0 saturated heterocycles. The number of alkyl halides is 3. The topological polar surface area (TPSA) is 50.2 Å². The van der Waals surface area contributed by atoms with Crippen molar-refractivity contribution in [2.45, 2.75) is 57.9 Å². The number of halogens is 5. The zero-order valence-electron chi connectivity index (χ0n) is 20.9. The first-order chi connectivity index (χ1) is 17.6. The molecule has 0 fully saturated rings. The number of hydrogen-bond acceptors (Lipinski definition) is 3. The highest BCUT2D eigenvalue weighted by molar-refractivity contribution is 5.83. The van der Waals surface area contributed by atoms with Crippen molar-refractivity contribution in [1.29, 1.82) is 0 Å². The van der Waals surface area contributed by atoms with Crippen molar-refractivity contribution < 1.29 is 26.7 Å². The van der Waals surface area contributed by atoms with Crippen LogP contribution in [-0.4, -0.2) is 34.2 Å². The average Bonchev–Trinajstić information content (AvgIpc) is 3.21. The molecule has 0 aliphatic carbocycles. The molecule has 5 nitrogen and oxygen atoms in total. The number of aryl methyl sites for hydroxylation is 3. The molecular weight excluding hydrogens is 491 g/mol. The molecule has 1 N–H and O–H groups in total. The van der Waals surface area contributed by atoms with Crippen molar-refractivity contribution in [2.75, 3.05) is 13.6 Å². The number of aromatic nitrogens is 2. The zero-order valence-corrected chi connectivity index (χ0v) is 20.9. The first-order valence-electron chi connectivity index (χ1n) is 12.2. The van der Waals surface area contributed by atoms with Gasteiger partial charge in [-0.1, -0.05) is 36.4 Å². The highest BCUT2D eigenvalue weighted by Gasteiger charge is 2.40. The molecule has 4 rings (SSSR count). The number of rotatable bonds is 7. The van der Waals surface area contributed by atoms with Crippen molar-refractivity contribution >= 4 is 5.91 Å². The summed E-state index contributed by atoms with van der Waals surface area (Å²) < 4.78 is 70.0. The number of nitrogens with zero attached hydrogens (tertiary/aromatic N) is 3. The van der Waals surface area contributed by atoms with E-state index in [1.54, 1.807) is 7.05 Å². The Kier molecular flexibility index (Phi) is 7.68. The second kappa shape index (κ2) is 10.6. The lowest BCUT2D eigenvalue weighted by Gasteiger charge is -2.41. The average molecular weight is 521 g/mol. The number of hydrogen-bond donors (Lipinski definition) is 1. The van der Waals surface area contributed by atoms with Gasteiger partial charge in [0.15, 0.2) is 11.6 Å². The lowest BCUT2D eigenvalue weighted by molar-refractivity contribution is -0.140. The molecular formula is C27H29F5N4O. The van der Waals surface area contributed by atoms with E-state index in [9.17, 15) is 26.7 Å². The summed E-state index contributed by atoms with van der Waals surface area (Å²) in [6.07, 6.45) is -4.11. The van der Waals surface area contributed by atoms with E-state index in [2.05, 4.69) is 10.4 Å². The molecule has 1 aromatic heterocycles. The normalized spacial score (nSPS) is 16.9. The van der Waals surface area contributed by atoms with Crippen LogP contribution in [0.15, 0.2) is 42.5 Å². The van der Waals surface area contributed by atoms with Gasteiger partial charge in [0.25, 0.3) is 0 Å². The lowest BCUT2D eigenvalue weighted by atomic mass is 9.88. The number of fused-ring (bicyclic) bond motifs is 1. The van der Waals surface area contributed by atoms with Gasteiger partial charge in [0, 0.05) is 43.9 Å². The van der Waals surface area contributed by atoms with E-state index in [1.165, 1.54) is 0 Å². The maximum Gasteiger partial charge on any atom is 0.419 e. The molecule has 3 aromatic rings. The zero-order chi connectivity index (χ0) is 26.9. The first-order valence-corrected chi connectivity index (χ1v) is 12.2. The fourth-order valence-electron chi connectivity index (χ4n) is 5.34. The Balaban J connectivity index is 1.75. The monoisotopic (exact) mass is 520 g/mol. The van der Waals surface area contributed by atoms with Gasteiger partial charge >= 0.3 is 6.18 Å². The quantitative estimate of drug-likeness (QED) is 0.417. The fraction of sp³-hybridized carbons (Fsp3) is 0.407. The second-order valence-corrected chi connectivity index (χ2v) is 9.13. The molecule has 0 spiro atoms. The van der Waals surface area contributed by atoms with Crippen LogP contribution in [0.5, 0.6) is 0 Å². The van der Waals surface area contributed by atoms with Crippen molar-refractivity contribution in [1.82, 2.24) is 20.0 Å². The predicted octanol–water partition coefficient (Wildman–Crippen LogP) is 5.53. The van der Waals surface area contributed by atoms with Crippen LogP contribution in [0.1, 0.15) is 59.1 Å². The first kappa shape index (κ1) is 26.8. The maximum atomic E-state index is 14.7. The van der Waals surface area contributed by atoms with E-state index in [0.717, 1.165) is 28.6 Å². The number of amides is 1. The number of carbonyl (C=O) groups is 1. The van der Waals surface area contributed by atoms with Crippen LogP contribution in [0.3, 0.4) is 0 Å². The van der Waals surface area contributed by atoms with Crippen LogP contribution in [-0.2, 0) is 30.4 Å². The van der Waals surface area contributed by atoms with Crippen LogP contribution in [0.25, 0.3) is 0 Å². The van der Waals surface area contributed by atoms with Gasteiger partial charge in [-0.25, -0.2) is 8.78 Å². The van der Waals surface area contributed by atoms with Crippen molar-refractivity contribution in [2.24, 2.45) is 0 Å². The summed E-state index contributed by atoms with van der Waals surface area (Å²) in [5.41, 5.74) is 1.72. The fourth-order valence-corrected chi connectivity index (χ4v) is 5.34. The molecule has 10 heteroatoms. The molecule has 0 radical (unpaired) electrons. The highest BCUT2D eigenvalue weighted by Crippen LogP contribution is 2.41. The molecule has 2 heterocycles. The van der Waals surface area contributed by atoms with Crippen LogP contribution < -0.4 is 5.32 Å². The number of nitrogens with one attached hydrogen (secondary N) is 1. The summed E-state index contributed by atoms with van der Waals surface area (Å²) in [4.78, 5) is 15.2. The number of benzene rings is 2. The summed E-state index contributed by atoms with van der Waals surface area (Å²) in [5, 5.41) is 7.38. The van der Waals surface area contributed by atoms with Crippen LogP contribution >= 0.6 is 0 Å². The molecule has 2 unspecified atom stereocenters. The molecule has 2 aromatic carbocycles. The Hall–Kier alpha value is -3.27. The van der Waals surface area contributed by atoms with Gasteiger partial charge < -0.3 is 5.32 Å². The predicted molar refractivity (Wildman–Crippen MR) is 129 cm³/mol. The van der Waals surface area contributed by atoms with Crippen LogP contribution in [0.4, 0.5) is 22.0 Å². The summed E-state index contributed by atoms with van der Waals surface area (Å²) in [5.74, 6) is -3.61. The third kappa shape index (κ3) is 5.12. The van der Waals surface area contributed by atoms with Gasteiger partial charge in [-0.05, 0) is 43.9 Å². The molecule has 37 heavy (non-hydrogen) atoms. The van der Waals surface area contributed by atoms with Gasteiger partial charge in [-0.15, -0.1) is 0 Å². The standard InChI is InChI=1S/C27H29F5N4O/c1-4-36-21-14-15-35(25(26(37)33-3)18-8-6-5-7-9-18)20(22(21)16(2)34-36)13-11-17-10-12-19(27(30,31)32)24(29)23(17)28/h5-10,12,20,25H,4,11,13-15H2,1-3H3,(H,33,37). The minimum atomic E-state index is -4.99. The molecule has 0 saturated carbocycles. The summed E-state index contributed by atoms with van der Waals surface area (Å²) >= 11 is 0. The van der Waals surface area contributed by atoms with Gasteiger partial charge in [-0.2, -0.15) is 18.3 Å². The molecule has 2 atom stereocenters. The smallest absolute Gasteiger partial charge is 0.358 e. The Morgan fingerprint density at radius 3 is 2.46 bits per heavy atom. The van der Waals surface area contributed by atoms with Gasteiger partial charge in [0.1, 0.15) is 6.04 Å². The molecule has 1 aliphatic rings. The van der Waals surface area contributed by atoms with E-state index >= 15 is 0 Å². The van der Waals surface area contributed by atoms with Crippen molar-refractivity contribution in [3.8, 4) is 0 Å². The lowest BCUT2D eigenvalue weighted by Crippen LogP contribution is -2.45. The number of likely N-dealkylation sites (N-methyl/N-ethyl adjacent to an activating group) is 1. The minimum absolute atomic E-state index is 0.0203. The maximum absolute atomic E-state index is 14.7. The highest BCUT2D eigenvalue weighted by atomic mass is 19.4. The van der Waals surface area contributed by atoms with E-state index in [-0.39, 0.29) is 24.3 Å². The van der Waals surface area contributed by atoms with Gasteiger partial charge in [0.05, 0.1) is 11.3 Å². The molecule has 0 bridgehead atoms. The SMILES string of the molecule is CCn1nc(C)c2c1CCN(C(C(=O)NC)c1ccccc1)C2CCc1ccc(C(F)(F)F)c(F)c1F. The summed E-state index contributed by atoms with van der Waals surface area (Å²) in [7, 11) is 1.56. The summed E-state index contributed by atoms with van der Waals surface area (Å²) in [6.45, 7) is 5.02. The Labute approximate surface area is 212 Å². The second-order valence-electron chi connectivity index (χ2n) is 9.13. The Bertz CT molecular complexity index is 1270. The number of carbonyl (C=O) groups excluding carboxylic acids is 1. The molecule has 198 valence electrons. The molecule has 1 aliphatic heterocycles. The van der Waals surface area contributed by atoms with Gasteiger partial charge in [-0.3, -0.25) is 14.4 Å². The van der Waals surface area contributed by atoms with E-state index in [0.29, 0.717) is 25.6 Å². The minimum Gasteiger partial charge on any atom is -0.358 e. The van der Waals surface area contributed by atoms with E-state index in [4.69, 9.17) is 0 Å². The largest absolute Gasteiger partial charge is 0.419 e. The van der Waals surface area contributed by atoms with E-state index < -0.39 is 35.5 Å². The third-order valence-electron chi connectivity index (χ3n) is 7.02. The Morgan fingerprint density at radius 1 is 1.14 bits per heavy atom. The van der Waals surface area contributed by atoms with Crippen LogP contribution in [0.2, 0.25) is 0 Å².